The SMILES string of the molecule is Cc1cc(=O)n2c(n1)NC(N1CCc3ccccc31)=NC2c1cccnc1. The summed E-state index contributed by atoms with van der Waals surface area (Å²) in [6.45, 7) is 2.65. The number of fused-ring (bicyclic) bond motifs is 2. The van der Waals surface area contributed by atoms with Crippen molar-refractivity contribution in [1.29, 1.82) is 0 Å². The molecular formula is C20H18N6O. The highest BCUT2D eigenvalue weighted by atomic mass is 16.1. The van der Waals surface area contributed by atoms with Gasteiger partial charge in [0.25, 0.3) is 5.56 Å². The summed E-state index contributed by atoms with van der Waals surface area (Å²) in [4.78, 5) is 28.5. The molecule has 2 aromatic heterocycles. The number of aromatic nitrogens is 3. The summed E-state index contributed by atoms with van der Waals surface area (Å²) in [5.41, 5.74) is 3.81. The number of aliphatic imine (C=N–C) groups is 1. The zero-order valence-electron chi connectivity index (χ0n) is 14.8. The van der Waals surface area contributed by atoms with E-state index in [2.05, 4.69) is 38.4 Å². The van der Waals surface area contributed by atoms with Crippen molar-refractivity contribution in [2.45, 2.75) is 19.5 Å². The lowest BCUT2D eigenvalue weighted by Crippen LogP contribution is -2.43. The fourth-order valence-electron chi connectivity index (χ4n) is 3.68. The first kappa shape index (κ1) is 15.7. The van der Waals surface area contributed by atoms with Crippen LogP contribution >= 0.6 is 0 Å². The van der Waals surface area contributed by atoms with Crippen molar-refractivity contribution in [3.8, 4) is 0 Å². The van der Waals surface area contributed by atoms with E-state index in [1.165, 1.54) is 11.6 Å². The molecule has 134 valence electrons. The van der Waals surface area contributed by atoms with Gasteiger partial charge in [0.05, 0.1) is 0 Å². The number of para-hydroxylation sites is 1. The van der Waals surface area contributed by atoms with Gasteiger partial charge in [0.1, 0.15) is 0 Å². The van der Waals surface area contributed by atoms with E-state index >= 15 is 0 Å². The van der Waals surface area contributed by atoms with Gasteiger partial charge in [0.15, 0.2) is 6.17 Å². The Labute approximate surface area is 156 Å². The molecule has 0 spiro atoms. The highest BCUT2D eigenvalue weighted by molar-refractivity contribution is 6.06. The highest BCUT2D eigenvalue weighted by Crippen LogP contribution is 2.31. The number of nitrogens with one attached hydrogen (secondary N) is 1. The van der Waals surface area contributed by atoms with Gasteiger partial charge in [-0.1, -0.05) is 24.3 Å². The standard InChI is InChI=1S/C20H18N6O/c1-13-11-17(27)26-18(15-6-4-9-21-12-15)23-19(24-20(26)22-13)25-10-8-14-5-2-3-7-16(14)25/h2-7,9,11-12,18H,8,10H2,1H3,(H,22,23,24). The first-order valence-electron chi connectivity index (χ1n) is 8.91. The van der Waals surface area contributed by atoms with Gasteiger partial charge < -0.3 is 4.90 Å². The average molecular weight is 358 g/mol. The van der Waals surface area contributed by atoms with E-state index in [1.54, 1.807) is 17.0 Å². The molecule has 5 rings (SSSR count). The van der Waals surface area contributed by atoms with Gasteiger partial charge in [-0.05, 0) is 31.0 Å². The maximum absolute atomic E-state index is 12.7. The zero-order chi connectivity index (χ0) is 18.4. The lowest BCUT2D eigenvalue weighted by atomic mass is 10.2. The van der Waals surface area contributed by atoms with Gasteiger partial charge in [0, 0.05) is 41.9 Å². The van der Waals surface area contributed by atoms with Crippen LogP contribution in [0.3, 0.4) is 0 Å². The van der Waals surface area contributed by atoms with E-state index in [9.17, 15) is 4.79 Å². The average Bonchev–Trinajstić information content (AvgIpc) is 3.11. The second kappa shape index (κ2) is 6.05. The third-order valence-corrected chi connectivity index (χ3v) is 4.92. The molecule has 7 nitrogen and oxygen atoms in total. The number of guanidine groups is 1. The normalized spacial score (nSPS) is 17.7. The largest absolute Gasteiger partial charge is 0.312 e. The predicted octanol–water partition coefficient (Wildman–Crippen LogP) is 2.34. The Balaban J connectivity index is 1.66. The smallest absolute Gasteiger partial charge is 0.257 e. The highest BCUT2D eigenvalue weighted by Gasteiger charge is 2.30. The maximum atomic E-state index is 12.7. The first-order valence-corrected chi connectivity index (χ1v) is 8.91. The molecule has 0 radical (unpaired) electrons. The molecule has 4 heterocycles. The van der Waals surface area contributed by atoms with E-state index in [-0.39, 0.29) is 5.56 Å². The Morgan fingerprint density at radius 2 is 2.07 bits per heavy atom. The molecule has 1 N–H and O–H groups in total. The minimum absolute atomic E-state index is 0.136. The van der Waals surface area contributed by atoms with E-state index in [4.69, 9.17) is 4.99 Å². The Morgan fingerprint density at radius 1 is 1.19 bits per heavy atom. The lowest BCUT2D eigenvalue weighted by Gasteiger charge is -2.30. The molecule has 1 atom stereocenters. The Hall–Kier alpha value is -3.48. The van der Waals surface area contributed by atoms with Crippen molar-refractivity contribution in [3.05, 3.63) is 82.0 Å². The predicted molar refractivity (Wildman–Crippen MR) is 104 cm³/mol. The molecule has 0 aliphatic carbocycles. The Morgan fingerprint density at radius 3 is 2.93 bits per heavy atom. The second-order valence-electron chi connectivity index (χ2n) is 6.70. The summed E-state index contributed by atoms with van der Waals surface area (Å²) in [7, 11) is 0. The minimum Gasteiger partial charge on any atom is -0.312 e. The Kier molecular flexibility index (Phi) is 3.53. The van der Waals surface area contributed by atoms with Gasteiger partial charge in [-0.15, -0.1) is 0 Å². The summed E-state index contributed by atoms with van der Waals surface area (Å²) in [6, 6.07) is 13.6. The molecule has 0 fully saturated rings. The second-order valence-corrected chi connectivity index (χ2v) is 6.70. The number of hydrogen-bond acceptors (Lipinski definition) is 6. The van der Waals surface area contributed by atoms with E-state index < -0.39 is 6.17 Å². The Bertz CT molecular complexity index is 1100. The third kappa shape index (κ3) is 2.59. The van der Waals surface area contributed by atoms with Crippen LogP contribution in [0.25, 0.3) is 0 Å². The number of pyridine rings is 1. The molecular weight excluding hydrogens is 340 g/mol. The van der Waals surface area contributed by atoms with E-state index in [1.807, 2.05) is 25.1 Å². The molecule has 2 aliphatic heterocycles. The van der Waals surface area contributed by atoms with Gasteiger partial charge >= 0.3 is 0 Å². The van der Waals surface area contributed by atoms with Crippen LogP contribution in [0.5, 0.6) is 0 Å². The number of rotatable bonds is 1. The van der Waals surface area contributed by atoms with Crippen LogP contribution in [0.1, 0.15) is 23.0 Å². The fraction of sp³-hybridized carbons (Fsp3) is 0.200. The number of nitrogens with zero attached hydrogens (tertiary/aromatic N) is 5. The van der Waals surface area contributed by atoms with E-state index in [0.29, 0.717) is 17.6 Å². The van der Waals surface area contributed by atoms with Gasteiger partial charge in [-0.25, -0.2) is 9.98 Å². The molecule has 7 heteroatoms. The van der Waals surface area contributed by atoms with Crippen molar-refractivity contribution in [3.63, 3.8) is 0 Å². The van der Waals surface area contributed by atoms with Crippen molar-refractivity contribution >= 4 is 17.6 Å². The van der Waals surface area contributed by atoms with Crippen molar-refractivity contribution < 1.29 is 0 Å². The molecule has 0 saturated heterocycles. The van der Waals surface area contributed by atoms with E-state index in [0.717, 1.165) is 24.2 Å². The summed E-state index contributed by atoms with van der Waals surface area (Å²) >= 11 is 0. The number of benzene rings is 1. The van der Waals surface area contributed by atoms with Crippen LogP contribution in [-0.4, -0.2) is 27.0 Å². The number of aryl methyl sites for hydroxylation is 1. The quantitative estimate of drug-likeness (QED) is 0.723. The molecule has 1 unspecified atom stereocenters. The van der Waals surface area contributed by atoms with Gasteiger partial charge in [-0.2, -0.15) is 0 Å². The number of anilines is 2. The summed E-state index contributed by atoms with van der Waals surface area (Å²) in [5.74, 6) is 1.20. The zero-order valence-corrected chi connectivity index (χ0v) is 14.8. The topological polar surface area (TPSA) is 75.4 Å². The monoisotopic (exact) mass is 358 g/mol. The summed E-state index contributed by atoms with van der Waals surface area (Å²) < 4.78 is 1.58. The lowest BCUT2D eigenvalue weighted by molar-refractivity contribution is 0.573. The minimum atomic E-state index is -0.502. The van der Waals surface area contributed by atoms with Gasteiger partial charge in [0.2, 0.25) is 11.9 Å². The van der Waals surface area contributed by atoms with Crippen molar-refractivity contribution in [2.24, 2.45) is 4.99 Å². The summed E-state index contributed by atoms with van der Waals surface area (Å²) in [5, 5.41) is 3.27. The first-order chi connectivity index (χ1) is 13.2. The van der Waals surface area contributed by atoms with Crippen LogP contribution in [0, 0.1) is 6.92 Å². The molecule has 1 aromatic carbocycles. The van der Waals surface area contributed by atoms with Crippen LogP contribution in [0.4, 0.5) is 11.6 Å². The van der Waals surface area contributed by atoms with Crippen LogP contribution in [0.2, 0.25) is 0 Å². The molecule has 0 amide bonds. The number of hydrogen-bond donors (Lipinski definition) is 1. The molecule has 3 aromatic rings. The maximum Gasteiger partial charge on any atom is 0.257 e. The molecule has 2 aliphatic rings. The molecule has 27 heavy (non-hydrogen) atoms. The molecule has 0 bridgehead atoms. The third-order valence-electron chi connectivity index (χ3n) is 4.92. The van der Waals surface area contributed by atoms with Crippen LogP contribution in [-0.2, 0) is 6.42 Å². The fourth-order valence-corrected chi connectivity index (χ4v) is 3.68. The van der Waals surface area contributed by atoms with Crippen LogP contribution < -0.4 is 15.8 Å². The summed E-state index contributed by atoms with van der Waals surface area (Å²) in [6.07, 6.45) is 3.91. The van der Waals surface area contributed by atoms with Crippen molar-refractivity contribution in [2.75, 3.05) is 16.8 Å². The van der Waals surface area contributed by atoms with Crippen LogP contribution in [0.15, 0.2) is 64.6 Å². The van der Waals surface area contributed by atoms with Gasteiger partial charge in [-0.3, -0.25) is 19.7 Å². The van der Waals surface area contributed by atoms with Crippen molar-refractivity contribution in [1.82, 2.24) is 14.5 Å². The molecule has 0 saturated carbocycles.